The van der Waals surface area contributed by atoms with Crippen LogP contribution in [0.5, 0.6) is 0 Å². The summed E-state index contributed by atoms with van der Waals surface area (Å²) in [6.07, 6.45) is 1.36. The zero-order valence-electron chi connectivity index (χ0n) is 9.66. The normalized spacial score (nSPS) is 10.1. The van der Waals surface area contributed by atoms with E-state index in [0.717, 1.165) is 0 Å². The van der Waals surface area contributed by atoms with Crippen LogP contribution in [0.4, 0.5) is 0 Å². The molecule has 0 bridgehead atoms. The first-order chi connectivity index (χ1) is 7.99. The fourth-order valence-electron chi connectivity index (χ4n) is 1.15. The van der Waals surface area contributed by atoms with Crippen LogP contribution < -0.4 is 10.6 Å². The third-order valence-electron chi connectivity index (χ3n) is 1.85. The Morgan fingerprint density at radius 1 is 1.41 bits per heavy atom. The van der Waals surface area contributed by atoms with Crippen LogP contribution in [0.1, 0.15) is 24.2 Å². The van der Waals surface area contributed by atoms with Gasteiger partial charge in [-0.25, -0.2) is 4.98 Å². The van der Waals surface area contributed by atoms with E-state index in [0.29, 0.717) is 10.7 Å². The number of hydrogen-bond acceptors (Lipinski definition) is 3. The minimum Gasteiger partial charge on any atom is -0.352 e. The highest BCUT2D eigenvalue weighted by Gasteiger charge is 2.08. The van der Waals surface area contributed by atoms with E-state index in [4.69, 9.17) is 11.6 Å². The second-order valence-electron chi connectivity index (χ2n) is 3.77. The van der Waals surface area contributed by atoms with Crippen LogP contribution in [0, 0.1) is 0 Å². The molecule has 0 aromatic carbocycles. The summed E-state index contributed by atoms with van der Waals surface area (Å²) >= 11 is 5.59. The lowest BCUT2D eigenvalue weighted by Crippen LogP contribution is -2.39. The third-order valence-corrected chi connectivity index (χ3v) is 2.07. The van der Waals surface area contributed by atoms with Gasteiger partial charge in [-0.1, -0.05) is 11.6 Å². The van der Waals surface area contributed by atoms with Crippen molar-refractivity contribution >= 4 is 23.4 Å². The lowest BCUT2D eigenvalue weighted by atomic mass is 10.2. The molecule has 2 amide bonds. The van der Waals surface area contributed by atoms with Crippen molar-refractivity contribution in [2.45, 2.75) is 19.9 Å². The number of nitrogens with one attached hydrogen (secondary N) is 2. The van der Waals surface area contributed by atoms with E-state index in [2.05, 4.69) is 15.6 Å². The molecule has 0 fully saturated rings. The van der Waals surface area contributed by atoms with Crippen molar-refractivity contribution in [2.75, 3.05) is 6.54 Å². The number of rotatable bonds is 4. The molecule has 5 nitrogen and oxygen atoms in total. The average molecular weight is 256 g/mol. The SMILES string of the molecule is CC(C)NC(=O)CNC(=O)c1ccc(Cl)nc1. The van der Waals surface area contributed by atoms with Crippen molar-refractivity contribution in [1.29, 1.82) is 0 Å². The maximum atomic E-state index is 11.6. The Balaban J connectivity index is 2.45. The Morgan fingerprint density at radius 2 is 2.12 bits per heavy atom. The topological polar surface area (TPSA) is 71.1 Å². The minimum absolute atomic E-state index is 0.0524. The Labute approximate surface area is 105 Å². The van der Waals surface area contributed by atoms with E-state index in [9.17, 15) is 9.59 Å². The molecule has 0 atom stereocenters. The highest BCUT2D eigenvalue weighted by atomic mass is 35.5. The Bertz CT molecular complexity index is 404. The third kappa shape index (κ3) is 4.82. The number of amides is 2. The number of aromatic nitrogens is 1. The lowest BCUT2D eigenvalue weighted by Gasteiger charge is -2.09. The minimum atomic E-state index is -0.354. The number of carbonyl (C=O) groups is 2. The van der Waals surface area contributed by atoms with Crippen LogP contribution in [0.15, 0.2) is 18.3 Å². The molecule has 1 heterocycles. The van der Waals surface area contributed by atoms with Crippen LogP contribution in [0.2, 0.25) is 5.15 Å². The molecule has 1 rings (SSSR count). The van der Waals surface area contributed by atoms with Crippen molar-refractivity contribution in [2.24, 2.45) is 0 Å². The van der Waals surface area contributed by atoms with Gasteiger partial charge in [0.1, 0.15) is 5.15 Å². The number of nitrogens with zero attached hydrogens (tertiary/aromatic N) is 1. The van der Waals surface area contributed by atoms with Crippen LogP contribution >= 0.6 is 11.6 Å². The molecule has 1 aromatic heterocycles. The Morgan fingerprint density at radius 3 is 2.65 bits per heavy atom. The van der Waals surface area contributed by atoms with Crippen LogP contribution in [0.25, 0.3) is 0 Å². The fraction of sp³-hybridized carbons (Fsp3) is 0.364. The first kappa shape index (κ1) is 13.4. The van der Waals surface area contributed by atoms with Gasteiger partial charge in [0.25, 0.3) is 5.91 Å². The van der Waals surface area contributed by atoms with E-state index in [1.165, 1.54) is 12.3 Å². The molecule has 0 aliphatic heterocycles. The number of pyridine rings is 1. The van der Waals surface area contributed by atoms with Gasteiger partial charge in [0, 0.05) is 12.2 Å². The van der Waals surface area contributed by atoms with Gasteiger partial charge in [-0.3, -0.25) is 9.59 Å². The van der Waals surface area contributed by atoms with E-state index < -0.39 is 0 Å². The smallest absolute Gasteiger partial charge is 0.253 e. The molecule has 0 spiro atoms. The van der Waals surface area contributed by atoms with Crippen LogP contribution in [-0.4, -0.2) is 29.4 Å². The summed E-state index contributed by atoms with van der Waals surface area (Å²) in [5, 5.41) is 5.48. The second-order valence-corrected chi connectivity index (χ2v) is 4.16. The molecule has 92 valence electrons. The first-order valence-electron chi connectivity index (χ1n) is 5.18. The summed E-state index contributed by atoms with van der Waals surface area (Å²) in [6.45, 7) is 3.64. The van der Waals surface area contributed by atoms with Gasteiger partial charge < -0.3 is 10.6 Å². The number of halogens is 1. The van der Waals surface area contributed by atoms with Gasteiger partial charge in [-0.15, -0.1) is 0 Å². The van der Waals surface area contributed by atoms with Gasteiger partial charge >= 0.3 is 0 Å². The summed E-state index contributed by atoms with van der Waals surface area (Å²) in [5.74, 6) is -0.580. The van der Waals surface area contributed by atoms with Gasteiger partial charge in [0.05, 0.1) is 12.1 Å². The quantitative estimate of drug-likeness (QED) is 0.789. The van der Waals surface area contributed by atoms with Crippen molar-refractivity contribution in [1.82, 2.24) is 15.6 Å². The van der Waals surface area contributed by atoms with Crippen molar-refractivity contribution in [3.63, 3.8) is 0 Å². The van der Waals surface area contributed by atoms with E-state index in [1.807, 2.05) is 13.8 Å². The predicted molar refractivity (Wildman–Crippen MR) is 64.9 cm³/mol. The fourth-order valence-corrected chi connectivity index (χ4v) is 1.26. The molecule has 0 aliphatic rings. The molecular weight excluding hydrogens is 242 g/mol. The summed E-state index contributed by atoms with van der Waals surface area (Å²) < 4.78 is 0. The van der Waals surface area contributed by atoms with Gasteiger partial charge in [0.15, 0.2) is 0 Å². The Hall–Kier alpha value is -1.62. The maximum absolute atomic E-state index is 11.6. The average Bonchev–Trinajstić information content (AvgIpc) is 2.26. The zero-order valence-corrected chi connectivity index (χ0v) is 10.4. The van der Waals surface area contributed by atoms with Gasteiger partial charge in [-0.05, 0) is 26.0 Å². The Kier molecular flexibility index (Phi) is 4.90. The van der Waals surface area contributed by atoms with E-state index in [-0.39, 0.29) is 24.4 Å². The molecule has 17 heavy (non-hydrogen) atoms. The number of hydrogen-bond donors (Lipinski definition) is 2. The summed E-state index contributed by atoms with van der Waals surface area (Å²) in [7, 11) is 0. The maximum Gasteiger partial charge on any atom is 0.253 e. The first-order valence-corrected chi connectivity index (χ1v) is 5.56. The molecule has 1 aromatic rings. The largest absolute Gasteiger partial charge is 0.352 e. The van der Waals surface area contributed by atoms with E-state index in [1.54, 1.807) is 6.07 Å². The summed E-state index contributed by atoms with van der Waals surface area (Å²) in [5.41, 5.74) is 0.367. The highest BCUT2D eigenvalue weighted by Crippen LogP contribution is 2.04. The molecule has 2 N–H and O–H groups in total. The number of carbonyl (C=O) groups excluding carboxylic acids is 2. The highest BCUT2D eigenvalue weighted by molar-refractivity contribution is 6.29. The van der Waals surface area contributed by atoms with Crippen molar-refractivity contribution in [3.05, 3.63) is 29.0 Å². The van der Waals surface area contributed by atoms with Gasteiger partial charge in [-0.2, -0.15) is 0 Å². The molecule has 0 saturated carbocycles. The second kappa shape index (κ2) is 6.20. The molecule has 0 saturated heterocycles. The summed E-state index contributed by atoms with van der Waals surface area (Å²) in [6, 6.07) is 3.12. The van der Waals surface area contributed by atoms with Crippen molar-refractivity contribution < 1.29 is 9.59 Å². The van der Waals surface area contributed by atoms with Gasteiger partial charge in [0.2, 0.25) is 5.91 Å². The molecule has 0 unspecified atom stereocenters. The van der Waals surface area contributed by atoms with Crippen LogP contribution in [0.3, 0.4) is 0 Å². The standard InChI is InChI=1S/C11H14ClN3O2/c1-7(2)15-10(16)6-14-11(17)8-3-4-9(12)13-5-8/h3-5,7H,6H2,1-2H3,(H,14,17)(H,15,16). The molecule has 6 heteroatoms. The zero-order chi connectivity index (χ0) is 12.8. The molecular formula is C11H14ClN3O2. The molecule has 0 radical (unpaired) electrons. The molecule has 0 aliphatic carbocycles. The predicted octanol–water partition coefficient (Wildman–Crippen LogP) is 0.989. The summed E-state index contributed by atoms with van der Waals surface area (Å²) in [4.78, 5) is 26.6. The monoisotopic (exact) mass is 255 g/mol. The lowest BCUT2D eigenvalue weighted by molar-refractivity contribution is -0.120. The van der Waals surface area contributed by atoms with Crippen LogP contribution in [-0.2, 0) is 4.79 Å². The van der Waals surface area contributed by atoms with Crippen molar-refractivity contribution in [3.8, 4) is 0 Å². The van der Waals surface area contributed by atoms with E-state index >= 15 is 0 Å².